The molecular weight excluding hydrogens is 318 g/mol. The fourth-order valence-electron chi connectivity index (χ4n) is 2.38. The first kappa shape index (κ1) is 16.8. The Morgan fingerprint density at radius 2 is 1.96 bits per heavy atom. The van der Waals surface area contributed by atoms with Crippen molar-refractivity contribution in [1.82, 2.24) is 0 Å². The monoisotopic (exact) mass is 337 g/mol. The quantitative estimate of drug-likeness (QED) is 0.496. The molecule has 0 unspecified atom stereocenters. The van der Waals surface area contributed by atoms with Crippen LogP contribution in [0.3, 0.4) is 0 Å². The Hall–Kier alpha value is -3.08. The van der Waals surface area contributed by atoms with Crippen LogP contribution in [0.4, 0.5) is 5.69 Å². The van der Waals surface area contributed by atoms with Gasteiger partial charge in [0.05, 0.1) is 19.4 Å². The number of benzene rings is 2. The highest BCUT2D eigenvalue weighted by molar-refractivity contribution is 5.85. The molecule has 0 saturated heterocycles. The first-order valence-electron chi connectivity index (χ1n) is 8.08. The zero-order valence-electron chi connectivity index (χ0n) is 14.2. The number of aliphatic imine (C=N–C) groups is 1. The second-order valence-corrected chi connectivity index (χ2v) is 5.49. The molecule has 0 N–H and O–H groups in total. The van der Waals surface area contributed by atoms with Crippen molar-refractivity contribution in [2.45, 2.75) is 13.3 Å². The lowest BCUT2D eigenvalue weighted by atomic mass is 10.2. The molecule has 0 atom stereocenters. The lowest BCUT2D eigenvalue weighted by molar-refractivity contribution is 0.294. The summed E-state index contributed by atoms with van der Waals surface area (Å²) in [5.74, 6) is 1.40. The Kier molecular flexibility index (Phi) is 5.14. The van der Waals surface area contributed by atoms with Crippen LogP contribution in [-0.2, 0) is 0 Å². The molecule has 0 amide bonds. The molecule has 3 rings (SSSR count). The van der Waals surface area contributed by atoms with Crippen molar-refractivity contribution in [3.8, 4) is 11.5 Å². The van der Waals surface area contributed by atoms with Crippen LogP contribution in [0.25, 0.3) is 11.0 Å². The maximum absolute atomic E-state index is 11.2. The predicted octanol–water partition coefficient (Wildman–Crippen LogP) is 4.34. The van der Waals surface area contributed by atoms with Crippen molar-refractivity contribution in [2.75, 3.05) is 13.7 Å². The summed E-state index contributed by atoms with van der Waals surface area (Å²) in [6.45, 7) is 2.71. The Morgan fingerprint density at radius 3 is 2.76 bits per heavy atom. The van der Waals surface area contributed by atoms with Gasteiger partial charge in [-0.1, -0.05) is 6.92 Å². The first-order valence-corrected chi connectivity index (χ1v) is 8.08. The Morgan fingerprint density at radius 1 is 1.08 bits per heavy atom. The van der Waals surface area contributed by atoms with E-state index < -0.39 is 0 Å². The van der Waals surface area contributed by atoms with Crippen molar-refractivity contribution in [3.63, 3.8) is 0 Å². The topological polar surface area (TPSA) is 61.0 Å². The molecule has 0 fully saturated rings. The molecule has 3 aromatic rings. The molecule has 0 bridgehead atoms. The fraction of sp³-hybridized carbons (Fsp3) is 0.200. The van der Waals surface area contributed by atoms with E-state index in [0.29, 0.717) is 17.9 Å². The Labute approximate surface area is 145 Å². The highest BCUT2D eigenvalue weighted by Gasteiger charge is 2.05. The van der Waals surface area contributed by atoms with Gasteiger partial charge in [0, 0.05) is 17.7 Å². The average molecular weight is 337 g/mol. The van der Waals surface area contributed by atoms with Crippen LogP contribution in [0.2, 0.25) is 0 Å². The zero-order chi connectivity index (χ0) is 17.6. The standard InChI is InChI=1S/C20H19NO4/c1-3-10-24-18-7-4-14(11-19(18)23-2)13-21-16-6-8-17-15(12-16)5-9-20(22)25-17/h4-9,11-13H,3,10H2,1-2H3. The molecule has 0 aliphatic rings. The molecule has 0 radical (unpaired) electrons. The maximum Gasteiger partial charge on any atom is 0.336 e. The summed E-state index contributed by atoms with van der Waals surface area (Å²) in [6, 6.07) is 14.2. The van der Waals surface area contributed by atoms with Gasteiger partial charge in [-0.25, -0.2) is 4.79 Å². The summed E-state index contributed by atoms with van der Waals surface area (Å²) in [5, 5.41) is 0.829. The highest BCUT2D eigenvalue weighted by Crippen LogP contribution is 2.28. The van der Waals surface area contributed by atoms with Crippen LogP contribution in [-0.4, -0.2) is 19.9 Å². The van der Waals surface area contributed by atoms with E-state index in [1.54, 1.807) is 31.5 Å². The van der Waals surface area contributed by atoms with E-state index in [1.165, 1.54) is 6.07 Å². The highest BCUT2D eigenvalue weighted by atomic mass is 16.5. The van der Waals surface area contributed by atoms with Crippen LogP contribution < -0.4 is 15.1 Å². The molecular formula is C20H19NO4. The average Bonchev–Trinajstić information content (AvgIpc) is 2.64. The minimum atomic E-state index is -0.360. The van der Waals surface area contributed by atoms with E-state index in [2.05, 4.69) is 11.9 Å². The zero-order valence-corrected chi connectivity index (χ0v) is 14.2. The molecule has 128 valence electrons. The molecule has 0 saturated carbocycles. The maximum atomic E-state index is 11.2. The van der Waals surface area contributed by atoms with Crippen molar-refractivity contribution in [1.29, 1.82) is 0 Å². The van der Waals surface area contributed by atoms with Crippen LogP contribution in [0, 0.1) is 0 Å². The van der Waals surface area contributed by atoms with Gasteiger partial charge in [0.2, 0.25) is 0 Å². The van der Waals surface area contributed by atoms with Gasteiger partial charge in [-0.3, -0.25) is 4.99 Å². The number of methoxy groups -OCH3 is 1. The van der Waals surface area contributed by atoms with Gasteiger partial charge in [0.15, 0.2) is 11.5 Å². The number of hydrogen-bond donors (Lipinski definition) is 0. The summed E-state index contributed by atoms with van der Waals surface area (Å²) in [5.41, 5.74) is 1.86. The SMILES string of the molecule is CCCOc1ccc(C=Nc2ccc3oc(=O)ccc3c2)cc1OC. The van der Waals surface area contributed by atoms with Crippen LogP contribution >= 0.6 is 0 Å². The van der Waals surface area contributed by atoms with E-state index in [0.717, 1.165) is 28.8 Å². The van der Waals surface area contributed by atoms with Gasteiger partial charge in [-0.15, -0.1) is 0 Å². The molecule has 0 aliphatic heterocycles. The van der Waals surface area contributed by atoms with E-state index in [9.17, 15) is 4.79 Å². The molecule has 25 heavy (non-hydrogen) atoms. The molecule has 5 nitrogen and oxygen atoms in total. The number of rotatable bonds is 6. The lowest BCUT2D eigenvalue weighted by Gasteiger charge is -2.10. The van der Waals surface area contributed by atoms with Crippen LogP contribution in [0.1, 0.15) is 18.9 Å². The fourth-order valence-corrected chi connectivity index (χ4v) is 2.38. The van der Waals surface area contributed by atoms with Crippen molar-refractivity contribution in [2.24, 2.45) is 4.99 Å². The third kappa shape index (κ3) is 4.07. The number of hydrogen-bond acceptors (Lipinski definition) is 5. The van der Waals surface area contributed by atoms with Crippen molar-refractivity contribution >= 4 is 22.9 Å². The molecule has 0 spiro atoms. The predicted molar refractivity (Wildman–Crippen MR) is 98.5 cm³/mol. The van der Waals surface area contributed by atoms with Crippen LogP contribution in [0.15, 0.2) is 62.7 Å². The second-order valence-electron chi connectivity index (χ2n) is 5.49. The van der Waals surface area contributed by atoms with Crippen molar-refractivity contribution < 1.29 is 13.9 Å². The summed E-state index contributed by atoms with van der Waals surface area (Å²) >= 11 is 0. The first-order chi connectivity index (χ1) is 12.2. The lowest BCUT2D eigenvalue weighted by Crippen LogP contribution is -1.98. The van der Waals surface area contributed by atoms with Crippen molar-refractivity contribution in [3.05, 3.63) is 64.5 Å². The molecule has 1 aromatic heterocycles. The summed E-state index contributed by atoms with van der Waals surface area (Å²) in [7, 11) is 1.62. The Bertz CT molecular complexity index is 959. The number of ether oxygens (including phenoxy) is 2. The van der Waals surface area contributed by atoms with E-state index in [-0.39, 0.29) is 5.63 Å². The van der Waals surface area contributed by atoms with Gasteiger partial charge >= 0.3 is 5.63 Å². The van der Waals surface area contributed by atoms with E-state index in [1.807, 2.05) is 24.3 Å². The summed E-state index contributed by atoms with van der Waals surface area (Å²) in [4.78, 5) is 15.7. The third-order valence-electron chi connectivity index (χ3n) is 3.61. The normalized spacial score (nSPS) is 11.1. The summed E-state index contributed by atoms with van der Waals surface area (Å²) in [6.07, 6.45) is 2.70. The van der Waals surface area contributed by atoms with Gasteiger partial charge < -0.3 is 13.9 Å². The smallest absolute Gasteiger partial charge is 0.336 e. The largest absolute Gasteiger partial charge is 0.493 e. The summed E-state index contributed by atoms with van der Waals surface area (Å²) < 4.78 is 16.1. The molecule has 0 aliphatic carbocycles. The number of nitrogens with zero attached hydrogens (tertiary/aromatic N) is 1. The molecule has 2 aromatic carbocycles. The van der Waals surface area contributed by atoms with Gasteiger partial charge in [0.1, 0.15) is 5.58 Å². The Balaban J connectivity index is 1.83. The molecule has 1 heterocycles. The van der Waals surface area contributed by atoms with Gasteiger partial charge in [0.25, 0.3) is 0 Å². The minimum Gasteiger partial charge on any atom is -0.493 e. The number of fused-ring (bicyclic) bond motifs is 1. The van der Waals surface area contributed by atoms with E-state index in [4.69, 9.17) is 13.9 Å². The van der Waals surface area contributed by atoms with Crippen LogP contribution in [0.5, 0.6) is 11.5 Å². The van der Waals surface area contributed by atoms with Gasteiger partial charge in [-0.05, 0) is 54.4 Å². The van der Waals surface area contributed by atoms with Gasteiger partial charge in [-0.2, -0.15) is 0 Å². The molecule has 5 heteroatoms. The van der Waals surface area contributed by atoms with E-state index >= 15 is 0 Å². The minimum absolute atomic E-state index is 0.360. The second kappa shape index (κ2) is 7.66. The third-order valence-corrected chi connectivity index (χ3v) is 3.61.